The minimum absolute atomic E-state index is 0.136. The second kappa shape index (κ2) is 5.19. The summed E-state index contributed by atoms with van der Waals surface area (Å²) in [6.07, 6.45) is 0.840. The summed E-state index contributed by atoms with van der Waals surface area (Å²) in [5.74, 6) is 0.841. The molecular weight excluding hydrogens is 293 g/mol. The Balaban J connectivity index is 2.02. The van der Waals surface area contributed by atoms with Gasteiger partial charge in [0.2, 0.25) is 0 Å². The molecule has 104 valence electrons. The van der Waals surface area contributed by atoms with Crippen molar-refractivity contribution in [2.75, 3.05) is 12.4 Å². The highest BCUT2D eigenvalue weighted by molar-refractivity contribution is 6.32. The van der Waals surface area contributed by atoms with Gasteiger partial charge >= 0.3 is 0 Å². The van der Waals surface area contributed by atoms with Crippen molar-refractivity contribution < 1.29 is 4.74 Å². The van der Waals surface area contributed by atoms with E-state index >= 15 is 0 Å². The fourth-order valence-corrected chi connectivity index (χ4v) is 3.15. The van der Waals surface area contributed by atoms with E-state index in [4.69, 9.17) is 27.9 Å². The Bertz CT molecular complexity index is 639. The van der Waals surface area contributed by atoms with Gasteiger partial charge in [-0.1, -0.05) is 29.3 Å². The normalized spacial score (nSPS) is 16.7. The van der Waals surface area contributed by atoms with E-state index in [-0.39, 0.29) is 6.04 Å². The maximum Gasteiger partial charge on any atom is 0.124 e. The molecule has 2 aromatic carbocycles. The second-order valence-electron chi connectivity index (χ2n) is 5.01. The van der Waals surface area contributed by atoms with Crippen LogP contribution in [0.3, 0.4) is 0 Å². The van der Waals surface area contributed by atoms with Gasteiger partial charge in [-0.15, -0.1) is 0 Å². The first-order valence-electron chi connectivity index (χ1n) is 6.48. The van der Waals surface area contributed by atoms with E-state index < -0.39 is 0 Å². The molecular formula is C16H15Cl2NO. The highest BCUT2D eigenvalue weighted by Crippen LogP contribution is 2.42. The van der Waals surface area contributed by atoms with E-state index in [1.165, 1.54) is 11.1 Å². The minimum atomic E-state index is 0.136. The first kappa shape index (κ1) is 13.6. The molecule has 1 unspecified atom stereocenters. The van der Waals surface area contributed by atoms with E-state index in [1.54, 1.807) is 7.11 Å². The Morgan fingerprint density at radius 3 is 2.70 bits per heavy atom. The zero-order chi connectivity index (χ0) is 14.3. The van der Waals surface area contributed by atoms with Crippen LogP contribution in [-0.2, 0) is 6.42 Å². The fraction of sp³-hybridized carbons (Fsp3) is 0.250. The first-order chi connectivity index (χ1) is 9.60. The molecule has 4 heteroatoms. The van der Waals surface area contributed by atoms with Gasteiger partial charge in [0.05, 0.1) is 13.2 Å². The van der Waals surface area contributed by atoms with Crippen LogP contribution >= 0.6 is 23.2 Å². The van der Waals surface area contributed by atoms with Gasteiger partial charge in [0.15, 0.2) is 0 Å². The van der Waals surface area contributed by atoms with E-state index in [0.717, 1.165) is 28.4 Å². The van der Waals surface area contributed by atoms with Gasteiger partial charge in [-0.3, -0.25) is 0 Å². The number of benzene rings is 2. The van der Waals surface area contributed by atoms with Crippen LogP contribution in [-0.4, -0.2) is 7.11 Å². The number of methoxy groups -OCH3 is 1. The summed E-state index contributed by atoms with van der Waals surface area (Å²) in [5.41, 5.74) is 4.56. The van der Waals surface area contributed by atoms with Gasteiger partial charge in [0, 0.05) is 27.7 Å². The minimum Gasteiger partial charge on any atom is -0.496 e. The number of fused-ring (bicyclic) bond motifs is 1. The van der Waals surface area contributed by atoms with Gasteiger partial charge < -0.3 is 10.1 Å². The van der Waals surface area contributed by atoms with Crippen molar-refractivity contribution in [1.82, 2.24) is 0 Å². The van der Waals surface area contributed by atoms with Gasteiger partial charge in [-0.2, -0.15) is 0 Å². The smallest absolute Gasteiger partial charge is 0.124 e. The summed E-state index contributed by atoms with van der Waals surface area (Å²) in [4.78, 5) is 0. The number of rotatable bonds is 2. The molecule has 2 aromatic rings. The van der Waals surface area contributed by atoms with E-state index in [1.807, 2.05) is 30.3 Å². The predicted octanol–water partition coefficient (Wildman–Crippen LogP) is 5.02. The van der Waals surface area contributed by atoms with E-state index in [9.17, 15) is 0 Å². The lowest BCUT2D eigenvalue weighted by Gasteiger charge is -2.16. The Kier molecular flexibility index (Phi) is 3.53. The molecule has 1 N–H and O–H groups in total. The van der Waals surface area contributed by atoms with Gasteiger partial charge in [-0.05, 0) is 42.3 Å². The van der Waals surface area contributed by atoms with Crippen molar-refractivity contribution in [3.63, 3.8) is 0 Å². The standard InChI is InChI=1S/C16H15Cl2NO/c1-9-3-5-13(18)11-8-14(19-16(9)11)12-7-10(17)4-6-15(12)20-2/h3-7,14,19H,8H2,1-2H3. The molecule has 0 spiro atoms. The predicted molar refractivity (Wildman–Crippen MR) is 84.3 cm³/mol. The molecule has 0 radical (unpaired) electrons. The average molecular weight is 308 g/mol. The van der Waals surface area contributed by atoms with Crippen LogP contribution in [0.1, 0.15) is 22.7 Å². The molecule has 0 saturated carbocycles. The zero-order valence-electron chi connectivity index (χ0n) is 11.3. The van der Waals surface area contributed by atoms with Crippen molar-refractivity contribution in [3.05, 3.63) is 57.1 Å². The monoisotopic (exact) mass is 307 g/mol. The lowest BCUT2D eigenvalue weighted by Crippen LogP contribution is -2.08. The van der Waals surface area contributed by atoms with E-state index in [0.29, 0.717) is 5.02 Å². The lowest BCUT2D eigenvalue weighted by atomic mass is 10.0. The SMILES string of the molecule is COc1ccc(Cl)cc1C1Cc2c(Cl)ccc(C)c2N1. The molecule has 0 bridgehead atoms. The summed E-state index contributed by atoms with van der Waals surface area (Å²) in [6.45, 7) is 2.08. The number of anilines is 1. The number of hydrogen-bond acceptors (Lipinski definition) is 2. The van der Waals surface area contributed by atoms with Gasteiger partial charge in [0.1, 0.15) is 5.75 Å². The number of nitrogens with one attached hydrogen (secondary N) is 1. The lowest BCUT2D eigenvalue weighted by molar-refractivity contribution is 0.407. The largest absolute Gasteiger partial charge is 0.496 e. The highest BCUT2D eigenvalue weighted by atomic mass is 35.5. The highest BCUT2D eigenvalue weighted by Gasteiger charge is 2.27. The van der Waals surface area contributed by atoms with Crippen LogP contribution in [0, 0.1) is 6.92 Å². The first-order valence-corrected chi connectivity index (χ1v) is 7.23. The van der Waals surface area contributed by atoms with E-state index in [2.05, 4.69) is 12.2 Å². The zero-order valence-corrected chi connectivity index (χ0v) is 12.8. The molecule has 1 heterocycles. The Morgan fingerprint density at radius 2 is 2.00 bits per heavy atom. The number of ether oxygens (including phenoxy) is 1. The summed E-state index contributed by atoms with van der Waals surface area (Å²) >= 11 is 12.4. The van der Waals surface area contributed by atoms with Crippen LogP contribution in [0.2, 0.25) is 10.0 Å². The van der Waals surface area contributed by atoms with Crippen LogP contribution in [0.15, 0.2) is 30.3 Å². The molecule has 1 aliphatic rings. The molecule has 1 atom stereocenters. The molecule has 1 aliphatic heterocycles. The summed E-state index contributed by atoms with van der Waals surface area (Å²) in [6, 6.07) is 9.81. The molecule has 0 saturated heterocycles. The van der Waals surface area contributed by atoms with Crippen LogP contribution in [0.25, 0.3) is 0 Å². The van der Waals surface area contributed by atoms with Crippen molar-refractivity contribution in [1.29, 1.82) is 0 Å². The van der Waals surface area contributed by atoms with Gasteiger partial charge in [0.25, 0.3) is 0 Å². The Morgan fingerprint density at radius 1 is 1.20 bits per heavy atom. The quantitative estimate of drug-likeness (QED) is 0.841. The summed E-state index contributed by atoms with van der Waals surface area (Å²) < 4.78 is 5.44. The Labute approximate surface area is 128 Å². The van der Waals surface area contributed by atoms with Gasteiger partial charge in [-0.25, -0.2) is 0 Å². The molecule has 3 rings (SSSR count). The summed E-state index contributed by atoms with van der Waals surface area (Å²) in [5, 5.41) is 5.06. The third-order valence-corrected chi connectivity index (χ3v) is 4.35. The third-order valence-electron chi connectivity index (χ3n) is 3.76. The summed E-state index contributed by atoms with van der Waals surface area (Å²) in [7, 11) is 1.67. The average Bonchev–Trinajstić information content (AvgIpc) is 2.89. The molecule has 0 fully saturated rings. The van der Waals surface area contributed by atoms with Crippen molar-refractivity contribution in [2.24, 2.45) is 0 Å². The Hall–Kier alpha value is -1.38. The molecule has 20 heavy (non-hydrogen) atoms. The van der Waals surface area contributed by atoms with Crippen molar-refractivity contribution >= 4 is 28.9 Å². The topological polar surface area (TPSA) is 21.3 Å². The third kappa shape index (κ3) is 2.23. The molecule has 0 amide bonds. The van der Waals surface area contributed by atoms with Crippen LogP contribution in [0.5, 0.6) is 5.75 Å². The van der Waals surface area contributed by atoms with Crippen LogP contribution < -0.4 is 10.1 Å². The fourth-order valence-electron chi connectivity index (χ4n) is 2.73. The number of halogens is 2. The van der Waals surface area contributed by atoms with Crippen molar-refractivity contribution in [2.45, 2.75) is 19.4 Å². The molecule has 0 aromatic heterocycles. The molecule has 2 nitrogen and oxygen atoms in total. The number of hydrogen-bond donors (Lipinski definition) is 1. The second-order valence-corrected chi connectivity index (χ2v) is 5.85. The maximum atomic E-state index is 6.30. The van der Waals surface area contributed by atoms with Crippen LogP contribution in [0.4, 0.5) is 5.69 Å². The maximum absolute atomic E-state index is 6.30. The number of aryl methyl sites for hydroxylation is 1. The molecule has 0 aliphatic carbocycles. The van der Waals surface area contributed by atoms with Crippen molar-refractivity contribution in [3.8, 4) is 5.75 Å².